The van der Waals surface area contributed by atoms with Gasteiger partial charge in [-0.25, -0.2) is 9.97 Å². The quantitative estimate of drug-likeness (QED) is 0.278. The molecule has 0 radical (unpaired) electrons. The number of aryl methyl sites for hydroxylation is 1. The summed E-state index contributed by atoms with van der Waals surface area (Å²) in [5.41, 5.74) is 0.961. The van der Waals surface area contributed by atoms with Gasteiger partial charge >= 0.3 is 6.18 Å². The van der Waals surface area contributed by atoms with Crippen molar-refractivity contribution in [2.24, 2.45) is 0 Å². The number of benzene rings is 2. The van der Waals surface area contributed by atoms with Gasteiger partial charge in [-0.15, -0.1) is 0 Å². The van der Waals surface area contributed by atoms with Crippen molar-refractivity contribution in [1.29, 1.82) is 0 Å². The molecule has 1 amide bonds. The molecule has 1 fully saturated rings. The number of rotatable bonds is 8. The molecule has 4 aromatic rings. The second-order valence-corrected chi connectivity index (χ2v) is 9.21. The molecule has 0 bridgehead atoms. The molecule has 1 aliphatic heterocycles. The Labute approximate surface area is 227 Å². The van der Waals surface area contributed by atoms with Gasteiger partial charge in [-0.1, -0.05) is 17.3 Å². The zero-order valence-corrected chi connectivity index (χ0v) is 21.5. The van der Waals surface area contributed by atoms with Crippen molar-refractivity contribution in [3.05, 3.63) is 83.5 Å². The standard InChI is InChI=1S/C27H26F3N7O3/c1-17-2-3-18(10-23(17)40-25-12-24(32-16-33-25)35-21-13-34-39-15-21)26(38)36-20-5-4-19(22(11-20)27(28,29)30)14-37-8-6-31-7-9-37/h2-5,10-13,15-16,31H,6-9,14H2,1H3,(H,36,38)(H,32,33,35). The first-order valence-corrected chi connectivity index (χ1v) is 12.5. The minimum absolute atomic E-state index is 0.0460. The normalized spacial score (nSPS) is 14.1. The van der Waals surface area contributed by atoms with Crippen molar-refractivity contribution in [2.45, 2.75) is 19.6 Å². The Kier molecular flexibility index (Phi) is 7.94. The van der Waals surface area contributed by atoms with Crippen molar-refractivity contribution in [3.63, 3.8) is 0 Å². The van der Waals surface area contributed by atoms with Crippen molar-refractivity contribution < 1.29 is 27.2 Å². The highest BCUT2D eigenvalue weighted by atomic mass is 19.4. The van der Waals surface area contributed by atoms with E-state index in [0.717, 1.165) is 24.7 Å². The van der Waals surface area contributed by atoms with Gasteiger partial charge in [0.2, 0.25) is 5.88 Å². The summed E-state index contributed by atoms with van der Waals surface area (Å²) < 4.78 is 52.4. The van der Waals surface area contributed by atoms with Gasteiger partial charge < -0.3 is 25.2 Å². The van der Waals surface area contributed by atoms with E-state index < -0.39 is 17.6 Å². The summed E-state index contributed by atoms with van der Waals surface area (Å²) in [6, 6.07) is 10.2. The van der Waals surface area contributed by atoms with Crippen molar-refractivity contribution in [1.82, 2.24) is 25.3 Å². The Morgan fingerprint density at radius 2 is 1.93 bits per heavy atom. The van der Waals surface area contributed by atoms with Gasteiger partial charge in [0.05, 0.1) is 11.8 Å². The zero-order valence-electron chi connectivity index (χ0n) is 21.5. The second kappa shape index (κ2) is 11.7. The lowest BCUT2D eigenvalue weighted by Gasteiger charge is -2.28. The van der Waals surface area contributed by atoms with E-state index >= 15 is 0 Å². The predicted octanol–water partition coefficient (Wildman–Crippen LogP) is 4.99. The first kappa shape index (κ1) is 27.1. The minimum atomic E-state index is -4.56. The predicted molar refractivity (Wildman–Crippen MR) is 141 cm³/mol. The number of nitrogens with one attached hydrogen (secondary N) is 3. The fourth-order valence-electron chi connectivity index (χ4n) is 4.21. The SMILES string of the molecule is Cc1ccc(C(=O)Nc2ccc(CN3CCNCC3)c(C(F)(F)F)c2)cc1Oc1cc(Nc2cnoc2)ncn1. The summed E-state index contributed by atoms with van der Waals surface area (Å²) in [5.74, 6) is 0.417. The highest BCUT2D eigenvalue weighted by Gasteiger charge is 2.34. The summed E-state index contributed by atoms with van der Waals surface area (Å²) in [5, 5.41) is 12.4. The molecule has 1 aliphatic rings. The van der Waals surface area contributed by atoms with Crippen LogP contribution in [0.2, 0.25) is 0 Å². The topological polar surface area (TPSA) is 117 Å². The first-order valence-electron chi connectivity index (χ1n) is 12.5. The Bertz CT molecular complexity index is 1470. The van der Waals surface area contributed by atoms with E-state index in [1.165, 1.54) is 37.0 Å². The highest BCUT2D eigenvalue weighted by Crippen LogP contribution is 2.35. The van der Waals surface area contributed by atoms with Crippen LogP contribution in [0.3, 0.4) is 0 Å². The molecule has 1 saturated heterocycles. The van der Waals surface area contributed by atoms with E-state index in [-0.39, 0.29) is 29.2 Å². The third-order valence-electron chi connectivity index (χ3n) is 6.29. The van der Waals surface area contributed by atoms with Gasteiger partial charge in [-0.05, 0) is 42.3 Å². The largest absolute Gasteiger partial charge is 0.439 e. The number of amides is 1. The fourth-order valence-corrected chi connectivity index (χ4v) is 4.21. The van der Waals surface area contributed by atoms with Crippen molar-refractivity contribution in [3.8, 4) is 11.6 Å². The fraction of sp³-hybridized carbons (Fsp3) is 0.259. The molecule has 0 saturated carbocycles. The Morgan fingerprint density at radius 3 is 2.67 bits per heavy atom. The average Bonchev–Trinajstić information content (AvgIpc) is 3.44. The molecule has 0 atom stereocenters. The molecule has 3 N–H and O–H groups in total. The molecule has 0 aliphatic carbocycles. The van der Waals surface area contributed by atoms with Gasteiger partial charge in [0.15, 0.2) is 0 Å². The van der Waals surface area contributed by atoms with E-state index in [0.29, 0.717) is 30.3 Å². The number of piperazine rings is 1. The summed E-state index contributed by atoms with van der Waals surface area (Å²) in [4.78, 5) is 23.2. The Morgan fingerprint density at radius 1 is 1.10 bits per heavy atom. The maximum Gasteiger partial charge on any atom is 0.416 e. The van der Waals surface area contributed by atoms with Gasteiger partial charge in [-0.2, -0.15) is 13.2 Å². The lowest BCUT2D eigenvalue weighted by molar-refractivity contribution is -0.138. The van der Waals surface area contributed by atoms with E-state index in [2.05, 4.69) is 31.1 Å². The highest BCUT2D eigenvalue weighted by molar-refractivity contribution is 6.04. The molecular formula is C27H26F3N7O3. The van der Waals surface area contributed by atoms with Crippen LogP contribution in [0, 0.1) is 6.92 Å². The van der Waals surface area contributed by atoms with Crippen LogP contribution < -0.4 is 20.7 Å². The average molecular weight is 554 g/mol. The first-order chi connectivity index (χ1) is 19.2. The van der Waals surface area contributed by atoms with E-state index in [4.69, 9.17) is 9.26 Å². The lowest BCUT2D eigenvalue weighted by Crippen LogP contribution is -2.43. The van der Waals surface area contributed by atoms with Crippen molar-refractivity contribution in [2.75, 3.05) is 36.8 Å². The Balaban J connectivity index is 1.31. The lowest BCUT2D eigenvalue weighted by atomic mass is 10.0. The summed E-state index contributed by atoms with van der Waals surface area (Å²) in [6.07, 6.45) is -0.367. The van der Waals surface area contributed by atoms with Crippen molar-refractivity contribution >= 4 is 23.1 Å². The maximum absolute atomic E-state index is 13.9. The smallest absolute Gasteiger partial charge is 0.416 e. The number of alkyl halides is 3. The molecule has 2 aromatic carbocycles. The van der Waals surface area contributed by atoms with Crippen LogP contribution >= 0.6 is 0 Å². The number of halogens is 3. The second-order valence-electron chi connectivity index (χ2n) is 9.21. The molecule has 40 heavy (non-hydrogen) atoms. The number of ether oxygens (including phenoxy) is 1. The minimum Gasteiger partial charge on any atom is -0.439 e. The third-order valence-corrected chi connectivity index (χ3v) is 6.29. The molecule has 3 heterocycles. The number of aromatic nitrogens is 3. The molecule has 13 heteroatoms. The zero-order chi connectivity index (χ0) is 28.1. The van der Waals surface area contributed by atoms with Crippen LogP contribution in [0.5, 0.6) is 11.6 Å². The van der Waals surface area contributed by atoms with Crippen LogP contribution in [-0.2, 0) is 12.7 Å². The summed E-state index contributed by atoms with van der Waals surface area (Å²) in [7, 11) is 0. The molecule has 208 valence electrons. The number of nitrogens with zero attached hydrogens (tertiary/aromatic N) is 4. The molecule has 0 unspecified atom stereocenters. The van der Waals surface area contributed by atoms with Gasteiger partial charge in [-0.3, -0.25) is 9.69 Å². The van der Waals surface area contributed by atoms with E-state index in [1.807, 2.05) is 4.90 Å². The van der Waals surface area contributed by atoms with Gasteiger partial charge in [0.25, 0.3) is 5.91 Å². The van der Waals surface area contributed by atoms with Crippen LogP contribution in [-0.4, -0.2) is 52.1 Å². The summed E-state index contributed by atoms with van der Waals surface area (Å²) in [6.45, 7) is 4.78. The van der Waals surface area contributed by atoms with E-state index in [1.54, 1.807) is 25.1 Å². The van der Waals surface area contributed by atoms with Crippen LogP contribution in [0.15, 0.2) is 65.8 Å². The monoisotopic (exact) mass is 553 g/mol. The number of carbonyl (C=O) groups excluding carboxylic acids is 1. The third kappa shape index (κ3) is 6.74. The number of anilines is 3. The number of hydrogen-bond acceptors (Lipinski definition) is 9. The molecule has 5 rings (SSSR count). The number of carbonyl (C=O) groups is 1. The van der Waals surface area contributed by atoms with Gasteiger partial charge in [0.1, 0.15) is 29.8 Å². The van der Waals surface area contributed by atoms with Gasteiger partial charge in [0, 0.05) is 50.0 Å². The van der Waals surface area contributed by atoms with Crippen LogP contribution in [0.25, 0.3) is 0 Å². The van der Waals surface area contributed by atoms with Crippen LogP contribution in [0.1, 0.15) is 27.0 Å². The van der Waals surface area contributed by atoms with E-state index in [9.17, 15) is 18.0 Å². The summed E-state index contributed by atoms with van der Waals surface area (Å²) >= 11 is 0. The molecule has 0 spiro atoms. The van der Waals surface area contributed by atoms with Crippen LogP contribution in [0.4, 0.5) is 30.4 Å². The maximum atomic E-state index is 13.9. The Hall–Kier alpha value is -4.49. The molecule has 10 nitrogen and oxygen atoms in total. The number of hydrogen-bond donors (Lipinski definition) is 3. The molecular weight excluding hydrogens is 527 g/mol. The molecule has 2 aromatic heterocycles.